The van der Waals surface area contributed by atoms with E-state index >= 15 is 0 Å². The Kier molecular flexibility index (Phi) is 3.69. The van der Waals surface area contributed by atoms with Gasteiger partial charge in [0.2, 0.25) is 0 Å². The van der Waals surface area contributed by atoms with Crippen molar-refractivity contribution in [3.8, 4) is 11.3 Å². The summed E-state index contributed by atoms with van der Waals surface area (Å²) in [5.41, 5.74) is 5.07. The third kappa shape index (κ3) is 3.11. The lowest BCUT2D eigenvalue weighted by molar-refractivity contribution is 0.625. The maximum atomic E-state index is 13.3. The van der Waals surface area contributed by atoms with Gasteiger partial charge in [-0.2, -0.15) is 5.10 Å². The Morgan fingerprint density at radius 3 is 2.86 bits per heavy atom. The predicted molar refractivity (Wildman–Crippen MR) is 82.5 cm³/mol. The van der Waals surface area contributed by atoms with Crippen LogP contribution in [-0.4, -0.2) is 10.2 Å². The fourth-order valence-corrected chi connectivity index (χ4v) is 2.24. The molecule has 2 aromatic carbocycles. The van der Waals surface area contributed by atoms with Crippen LogP contribution in [0.25, 0.3) is 11.3 Å². The maximum absolute atomic E-state index is 13.3. The lowest BCUT2D eigenvalue weighted by Gasteiger charge is -2.10. The molecule has 0 spiro atoms. The molecule has 1 heterocycles. The zero-order chi connectivity index (χ0) is 14.7. The number of rotatable bonds is 4. The standard InChI is InChI=1S/C17H16FN3/c1-12-5-6-15(18)9-14(12)11-19-16-4-2-3-13(10-16)17-7-8-20-21-17/h2-10,19H,11H2,1H3,(H,20,21). The van der Waals surface area contributed by atoms with Crippen molar-refractivity contribution in [1.82, 2.24) is 10.2 Å². The second-order valence-electron chi connectivity index (χ2n) is 4.98. The van der Waals surface area contributed by atoms with Crippen molar-refractivity contribution < 1.29 is 4.39 Å². The van der Waals surface area contributed by atoms with Gasteiger partial charge in [0.15, 0.2) is 0 Å². The highest BCUT2D eigenvalue weighted by Gasteiger charge is 2.03. The average molecular weight is 281 g/mol. The second-order valence-corrected chi connectivity index (χ2v) is 4.98. The van der Waals surface area contributed by atoms with Crippen molar-refractivity contribution in [3.05, 3.63) is 71.7 Å². The highest BCUT2D eigenvalue weighted by Crippen LogP contribution is 2.21. The highest BCUT2D eigenvalue weighted by molar-refractivity contribution is 5.64. The number of halogens is 1. The van der Waals surface area contributed by atoms with Crippen molar-refractivity contribution in [2.45, 2.75) is 13.5 Å². The molecule has 106 valence electrons. The molecule has 0 aliphatic carbocycles. The Bertz CT molecular complexity index is 736. The van der Waals surface area contributed by atoms with E-state index in [1.807, 2.05) is 37.3 Å². The van der Waals surface area contributed by atoms with Crippen molar-refractivity contribution in [2.24, 2.45) is 0 Å². The Morgan fingerprint density at radius 1 is 1.14 bits per heavy atom. The lowest BCUT2D eigenvalue weighted by Crippen LogP contribution is -2.02. The molecule has 0 bridgehead atoms. The van der Waals surface area contributed by atoms with Gasteiger partial charge in [0.05, 0.1) is 5.69 Å². The van der Waals surface area contributed by atoms with Gasteiger partial charge in [0.25, 0.3) is 0 Å². The monoisotopic (exact) mass is 281 g/mol. The number of hydrogen-bond donors (Lipinski definition) is 2. The van der Waals surface area contributed by atoms with Gasteiger partial charge < -0.3 is 5.32 Å². The first-order valence-electron chi connectivity index (χ1n) is 6.81. The number of hydrogen-bond acceptors (Lipinski definition) is 2. The first-order chi connectivity index (χ1) is 10.2. The van der Waals surface area contributed by atoms with E-state index in [9.17, 15) is 4.39 Å². The minimum atomic E-state index is -0.205. The third-order valence-electron chi connectivity index (χ3n) is 3.47. The number of aromatic amines is 1. The summed E-state index contributed by atoms with van der Waals surface area (Å²) in [5.74, 6) is -0.205. The molecule has 0 aliphatic heterocycles. The first-order valence-corrected chi connectivity index (χ1v) is 6.81. The number of anilines is 1. The summed E-state index contributed by atoms with van der Waals surface area (Å²) in [6, 6.07) is 14.8. The van der Waals surface area contributed by atoms with Crippen molar-refractivity contribution >= 4 is 5.69 Å². The van der Waals surface area contributed by atoms with Crippen molar-refractivity contribution in [3.63, 3.8) is 0 Å². The SMILES string of the molecule is Cc1ccc(F)cc1CNc1cccc(-c2ccn[nH]2)c1. The number of aromatic nitrogens is 2. The molecule has 0 fully saturated rings. The number of H-pyrrole nitrogens is 1. The van der Waals surface area contributed by atoms with E-state index in [0.29, 0.717) is 6.54 Å². The van der Waals surface area contributed by atoms with Gasteiger partial charge in [0, 0.05) is 24.0 Å². The molecule has 4 heteroatoms. The molecule has 0 saturated carbocycles. The summed E-state index contributed by atoms with van der Waals surface area (Å²) in [4.78, 5) is 0. The van der Waals surface area contributed by atoms with Crippen LogP contribution in [0.4, 0.5) is 10.1 Å². The molecule has 21 heavy (non-hydrogen) atoms. The van der Waals surface area contributed by atoms with Crippen LogP contribution in [0.15, 0.2) is 54.7 Å². The zero-order valence-corrected chi connectivity index (χ0v) is 11.7. The van der Waals surface area contributed by atoms with E-state index in [4.69, 9.17) is 0 Å². The van der Waals surface area contributed by atoms with Gasteiger partial charge in [-0.3, -0.25) is 5.10 Å². The summed E-state index contributed by atoms with van der Waals surface area (Å²) in [7, 11) is 0. The van der Waals surface area contributed by atoms with Gasteiger partial charge in [-0.15, -0.1) is 0 Å². The summed E-state index contributed by atoms with van der Waals surface area (Å²) in [5, 5.41) is 10.2. The van der Waals surface area contributed by atoms with Crippen molar-refractivity contribution in [2.75, 3.05) is 5.32 Å². The molecular weight excluding hydrogens is 265 g/mol. The molecule has 0 radical (unpaired) electrons. The molecule has 3 rings (SSSR count). The molecule has 3 nitrogen and oxygen atoms in total. The normalized spacial score (nSPS) is 10.6. The van der Waals surface area contributed by atoms with Crippen LogP contribution in [0.1, 0.15) is 11.1 Å². The lowest BCUT2D eigenvalue weighted by atomic mass is 10.1. The summed E-state index contributed by atoms with van der Waals surface area (Å²) in [6.45, 7) is 2.58. The number of aryl methyl sites for hydroxylation is 1. The minimum absolute atomic E-state index is 0.205. The van der Waals surface area contributed by atoms with Crippen LogP contribution < -0.4 is 5.32 Å². The Morgan fingerprint density at radius 2 is 2.05 bits per heavy atom. The van der Waals surface area contributed by atoms with E-state index in [1.165, 1.54) is 6.07 Å². The third-order valence-corrected chi connectivity index (χ3v) is 3.47. The smallest absolute Gasteiger partial charge is 0.123 e. The Labute approximate surface area is 122 Å². The van der Waals surface area contributed by atoms with E-state index in [-0.39, 0.29) is 5.82 Å². The maximum Gasteiger partial charge on any atom is 0.123 e. The van der Waals surface area contributed by atoms with Crippen LogP contribution in [0.2, 0.25) is 0 Å². The highest BCUT2D eigenvalue weighted by atomic mass is 19.1. The summed E-state index contributed by atoms with van der Waals surface area (Å²) < 4.78 is 13.3. The molecule has 0 aliphatic rings. The van der Waals surface area contributed by atoms with Crippen LogP contribution in [0.5, 0.6) is 0 Å². The fourth-order valence-electron chi connectivity index (χ4n) is 2.24. The van der Waals surface area contributed by atoms with Crippen LogP contribution in [-0.2, 0) is 6.54 Å². The summed E-state index contributed by atoms with van der Waals surface area (Å²) >= 11 is 0. The van der Waals surface area contributed by atoms with E-state index in [0.717, 1.165) is 28.1 Å². The van der Waals surface area contributed by atoms with Gasteiger partial charge in [-0.05, 0) is 48.4 Å². The largest absolute Gasteiger partial charge is 0.381 e. The summed E-state index contributed by atoms with van der Waals surface area (Å²) in [6.07, 6.45) is 1.73. The number of nitrogens with one attached hydrogen (secondary N) is 2. The fraction of sp³-hybridized carbons (Fsp3) is 0.118. The van der Waals surface area contributed by atoms with Gasteiger partial charge >= 0.3 is 0 Å². The molecule has 0 atom stereocenters. The number of nitrogens with zero attached hydrogens (tertiary/aromatic N) is 1. The molecule has 1 aromatic heterocycles. The molecule has 0 amide bonds. The first kappa shape index (κ1) is 13.4. The molecule has 0 saturated heterocycles. The average Bonchev–Trinajstić information content (AvgIpc) is 3.03. The van der Waals surface area contributed by atoms with E-state index in [2.05, 4.69) is 15.5 Å². The predicted octanol–water partition coefficient (Wildman–Crippen LogP) is 4.14. The van der Waals surface area contributed by atoms with Crippen molar-refractivity contribution in [1.29, 1.82) is 0 Å². The topological polar surface area (TPSA) is 40.7 Å². The molecule has 2 N–H and O–H groups in total. The molecule has 0 unspecified atom stereocenters. The van der Waals surface area contributed by atoms with Gasteiger partial charge in [0.1, 0.15) is 5.82 Å². The number of benzene rings is 2. The zero-order valence-electron chi connectivity index (χ0n) is 11.7. The van der Waals surface area contributed by atoms with Crippen LogP contribution in [0.3, 0.4) is 0 Å². The second kappa shape index (κ2) is 5.79. The van der Waals surface area contributed by atoms with Crippen LogP contribution in [0, 0.1) is 12.7 Å². The van der Waals surface area contributed by atoms with Gasteiger partial charge in [-0.1, -0.05) is 18.2 Å². The molecular formula is C17H16FN3. The minimum Gasteiger partial charge on any atom is -0.381 e. The van der Waals surface area contributed by atoms with E-state index in [1.54, 1.807) is 18.3 Å². The quantitative estimate of drug-likeness (QED) is 0.754. The Balaban J connectivity index is 1.76. The van der Waals surface area contributed by atoms with E-state index < -0.39 is 0 Å². The van der Waals surface area contributed by atoms with Gasteiger partial charge in [-0.25, -0.2) is 4.39 Å². The molecule has 3 aromatic rings. The Hall–Kier alpha value is -2.62. The van der Waals surface area contributed by atoms with Crippen LogP contribution >= 0.6 is 0 Å².